The number of anilines is 1. The average molecular weight is 269 g/mol. The van der Waals surface area contributed by atoms with Crippen molar-refractivity contribution in [3.63, 3.8) is 0 Å². The maximum atomic E-state index is 13.7. The highest BCUT2D eigenvalue weighted by Crippen LogP contribution is 2.40. The molecule has 98 valence electrons. The van der Waals surface area contributed by atoms with Crippen LogP contribution in [0.5, 0.6) is 0 Å². The van der Waals surface area contributed by atoms with E-state index in [1.54, 1.807) is 24.3 Å². The van der Waals surface area contributed by atoms with E-state index in [9.17, 15) is 13.6 Å². The Morgan fingerprint density at radius 1 is 1.22 bits per heavy atom. The van der Waals surface area contributed by atoms with Crippen molar-refractivity contribution in [2.75, 3.05) is 4.90 Å². The third kappa shape index (κ3) is 2.19. The molecule has 0 aromatic heterocycles. The maximum absolute atomic E-state index is 13.7. The van der Waals surface area contributed by atoms with Gasteiger partial charge in [0.05, 0.1) is 8.07 Å². The summed E-state index contributed by atoms with van der Waals surface area (Å²) in [5.41, 5.74) is 0.231. The van der Waals surface area contributed by atoms with E-state index >= 15 is 0 Å². The van der Waals surface area contributed by atoms with E-state index in [0.717, 1.165) is 0 Å². The Morgan fingerprint density at radius 3 is 2.28 bits per heavy atom. The van der Waals surface area contributed by atoms with Crippen molar-refractivity contribution in [3.8, 4) is 0 Å². The number of nitrogens with zero attached hydrogens (tertiary/aromatic N) is 1. The third-order valence-electron chi connectivity index (χ3n) is 3.33. The van der Waals surface area contributed by atoms with Gasteiger partial charge < -0.3 is 4.90 Å². The van der Waals surface area contributed by atoms with E-state index in [-0.39, 0.29) is 12.1 Å². The van der Waals surface area contributed by atoms with Crippen molar-refractivity contribution in [1.29, 1.82) is 0 Å². The molecule has 1 atom stereocenters. The zero-order valence-electron chi connectivity index (χ0n) is 10.8. The van der Waals surface area contributed by atoms with Crippen molar-refractivity contribution >= 4 is 19.7 Å². The number of amides is 1. The summed E-state index contributed by atoms with van der Waals surface area (Å²) in [5.74, 6) is -4.28. The van der Waals surface area contributed by atoms with Crippen LogP contribution in [0, 0.1) is 0 Å². The standard InChI is InChI=1S/C13H17F2NOSi/c1-18(2,3)11-9-13(14,15)12(17)16(11)10-7-5-4-6-8-10/h4-8,11H,9H2,1-3H3. The van der Waals surface area contributed by atoms with Crippen LogP contribution >= 0.6 is 0 Å². The second-order valence-corrected chi connectivity index (χ2v) is 11.2. The molecule has 1 aromatic carbocycles. The van der Waals surface area contributed by atoms with Gasteiger partial charge in [-0.1, -0.05) is 37.8 Å². The van der Waals surface area contributed by atoms with Crippen LogP contribution in [0.2, 0.25) is 19.6 Å². The van der Waals surface area contributed by atoms with Crippen LogP contribution in [0.15, 0.2) is 30.3 Å². The molecule has 1 heterocycles. The van der Waals surface area contributed by atoms with Gasteiger partial charge in [0, 0.05) is 17.8 Å². The molecule has 1 aliphatic rings. The molecule has 1 aromatic rings. The minimum absolute atomic E-state index is 0.345. The molecule has 1 unspecified atom stereocenters. The van der Waals surface area contributed by atoms with Gasteiger partial charge in [0.2, 0.25) is 0 Å². The topological polar surface area (TPSA) is 20.3 Å². The van der Waals surface area contributed by atoms with Crippen molar-refractivity contribution in [2.45, 2.75) is 37.6 Å². The summed E-state index contributed by atoms with van der Waals surface area (Å²) in [4.78, 5) is 13.2. The van der Waals surface area contributed by atoms with Gasteiger partial charge in [-0.3, -0.25) is 4.79 Å². The SMILES string of the molecule is C[Si](C)(C)C1CC(F)(F)C(=O)N1c1ccccc1. The summed E-state index contributed by atoms with van der Waals surface area (Å²) in [6.45, 7) is 6.05. The lowest BCUT2D eigenvalue weighted by molar-refractivity contribution is -0.137. The fraction of sp³-hybridized carbons (Fsp3) is 0.462. The van der Waals surface area contributed by atoms with Crippen LogP contribution in [0.25, 0.3) is 0 Å². The Morgan fingerprint density at radius 2 is 1.78 bits per heavy atom. The molecule has 2 rings (SSSR count). The number of benzene rings is 1. The maximum Gasteiger partial charge on any atom is 0.326 e. The predicted molar refractivity (Wildman–Crippen MR) is 70.6 cm³/mol. The molecule has 0 saturated carbocycles. The molecular formula is C13H17F2NOSi. The summed E-state index contributed by atoms with van der Waals surface area (Å²) in [5, 5.41) is 0. The van der Waals surface area contributed by atoms with Crippen LogP contribution in [0.1, 0.15) is 6.42 Å². The summed E-state index contributed by atoms with van der Waals surface area (Å²) < 4.78 is 27.4. The highest BCUT2D eigenvalue weighted by atomic mass is 28.3. The third-order valence-corrected chi connectivity index (χ3v) is 5.79. The second-order valence-electron chi connectivity index (χ2n) is 5.80. The van der Waals surface area contributed by atoms with E-state index in [1.165, 1.54) is 4.90 Å². The van der Waals surface area contributed by atoms with Crippen molar-refractivity contribution in [2.24, 2.45) is 0 Å². The quantitative estimate of drug-likeness (QED) is 0.754. The number of rotatable bonds is 2. The molecule has 2 nitrogen and oxygen atoms in total. The van der Waals surface area contributed by atoms with Crippen molar-refractivity contribution < 1.29 is 13.6 Å². The molecule has 0 radical (unpaired) electrons. The van der Waals surface area contributed by atoms with Gasteiger partial charge in [0.15, 0.2) is 0 Å². The average Bonchev–Trinajstić information content (AvgIpc) is 2.51. The van der Waals surface area contributed by atoms with E-state index < -0.39 is 19.9 Å². The first kappa shape index (κ1) is 13.2. The normalized spacial score (nSPS) is 23.5. The Bertz CT molecular complexity index is 456. The molecule has 18 heavy (non-hydrogen) atoms. The number of alkyl halides is 2. The van der Waals surface area contributed by atoms with Crippen LogP contribution in [-0.2, 0) is 4.79 Å². The lowest BCUT2D eigenvalue weighted by atomic mass is 10.3. The zero-order valence-corrected chi connectivity index (χ0v) is 11.8. The molecule has 1 saturated heterocycles. The Balaban J connectivity index is 2.45. The minimum Gasteiger partial charge on any atom is -0.307 e. The van der Waals surface area contributed by atoms with E-state index in [0.29, 0.717) is 5.69 Å². The molecule has 0 bridgehead atoms. The van der Waals surface area contributed by atoms with Gasteiger partial charge in [0.1, 0.15) is 0 Å². The molecule has 0 aliphatic carbocycles. The number of para-hydroxylation sites is 1. The van der Waals surface area contributed by atoms with Gasteiger partial charge in [-0.2, -0.15) is 8.78 Å². The van der Waals surface area contributed by atoms with Gasteiger partial charge in [0.25, 0.3) is 5.91 Å². The van der Waals surface area contributed by atoms with Crippen LogP contribution < -0.4 is 4.90 Å². The first-order valence-electron chi connectivity index (χ1n) is 6.00. The number of carbonyl (C=O) groups is 1. The smallest absolute Gasteiger partial charge is 0.307 e. The summed E-state index contributed by atoms with van der Waals surface area (Å²) in [7, 11) is -1.88. The van der Waals surface area contributed by atoms with Gasteiger partial charge in [-0.25, -0.2) is 0 Å². The fourth-order valence-corrected chi connectivity index (χ4v) is 4.23. The lowest BCUT2D eigenvalue weighted by Crippen LogP contribution is -2.49. The molecule has 1 fully saturated rings. The molecule has 0 N–H and O–H groups in total. The van der Waals surface area contributed by atoms with Crippen LogP contribution in [0.4, 0.5) is 14.5 Å². The molecule has 5 heteroatoms. The largest absolute Gasteiger partial charge is 0.326 e. The first-order valence-corrected chi connectivity index (χ1v) is 9.58. The first-order chi connectivity index (χ1) is 8.23. The second kappa shape index (κ2) is 4.15. The molecule has 0 spiro atoms. The van der Waals surface area contributed by atoms with Gasteiger partial charge in [-0.15, -0.1) is 0 Å². The number of hydrogen-bond acceptors (Lipinski definition) is 1. The van der Waals surface area contributed by atoms with Gasteiger partial charge >= 0.3 is 5.92 Å². The summed E-state index contributed by atoms with van der Waals surface area (Å²) in [6.07, 6.45) is -0.351. The van der Waals surface area contributed by atoms with Crippen LogP contribution in [0.3, 0.4) is 0 Å². The van der Waals surface area contributed by atoms with Crippen molar-refractivity contribution in [3.05, 3.63) is 30.3 Å². The highest BCUT2D eigenvalue weighted by molar-refractivity contribution is 6.78. The van der Waals surface area contributed by atoms with Crippen LogP contribution in [-0.4, -0.2) is 25.6 Å². The van der Waals surface area contributed by atoms with Crippen molar-refractivity contribution in [1.82, 2.24) is 0 Å². The Kier molecular flexibility index (Phi) is 3.05. The molecular weight excluding hydrogens is 252 g/mol. The summed E-state index contributed by atoms with van der Waals surface area (Å²) in [6, 6.07) is 8.77. The molecule has 1 aliphatic heterocycles. The number of halogens is 2. The fourth-order valence-electron chi connectivity index (χ4n) is 2.32. The van der Waals surface area contributed by atoms with E-state index in [2.05, 4.69) is 0 Å². The van der Waals surface area contributed by atoms with E-state index in [4.69, 9.17) is 0 Å². The van der Waals surface area contributed by atoms with E-state index in [1.807, 2.05) is 25.7 Å². The monoisotopic (exact) mass is 269 g/mol. The lowest BCUT2D eigenvalue weighted by Gasteiger charge is -2.32. The minimum atomic E-state index is -3.22. The number of hydrogen-bond donors (Lipinski definition) is 0. The number of carbonyl (C=O) groups excluding carboxylic acids is 1. The summed E-state index contributed by atoms with van der Waals surface area (Å²) >= 11 is 0. The Labute approximate surface area is 107 Å². The predicted octanol–water partition coefficient (Wildman–Crippen LogP) is 3.30. The molecule has 1 amide bonds. The Hall–Kier alpha value is -1.23. The van der Waals surface area contributed by atoms with Gasteiger partial charge in [-0.05, 0) is 12.1 Å². The highest BCUT2D eigenvalue weighted by Gasteiger charge is 2.57. The zero-order chi connectivity index (χ0) is 13.6.